The Kier molecular flexibility index (Phi) is 7.46. The zero-order chi connectivity index (χ0) is 24.2. The van der Waals surface area contributed by atoms with Gasteiger partial charge in [-0.2, -0.15) is 0 Å². The van der Waals surface area contributed by atoms with E-state index >= 15 is 0 Å². The van der Waals surface area contributed by atoms with Crippen molar-refractivity contribution >= 4 is 41.0 Å². The molecule has 2 heterocycles. The van der Waals surface area contributed by atoms with Crippen LogP contribution in [-0.4, -0.2) is 54.2 Å². The van der Waals surface area contributed by atoms with Crippen molar-refractivity contribution in [1.29, 1.82) is 0 Å². The van der Waals surface area contributed by atoms with Crippen LogP contribution in [0.1, 0.15) is 25.8 Å². The van der Waals surface area contributed by atoms with Crippen LogP contribution < -0.4 is 15.5 Å². The molecule has 8 heteroatoms. The van der Waals surface area contributed by atoms with Crippen LogP contribution in [0.3, 0.4) is 0 Å². The number of piperidine rings is 1. The molecule has 3 unspecified atom stereocenters. The summed E-state index contributed by atoms with van der Waals surface area (Å²) in [5, 5.41) is 5.63. The smallest absolute Gasteiger partial charge is 0.319 e. The Labute approximate surface area is 205 Å². The number of nitrogens with one attached hydrogen (secondary N) is 2. The number of hydrogen-bond donors (Lipinski definition) is 2. The van der Waals surface area contributed by atoms with Gasteiger partial charge in [0.15, 0.2) is 0 Å². The molecule has 34 heavy (non-hydrogen) atoms. The fourth-order valence-corrected chi connectivity index (χ4v) is 5.84. The normalized spacial score (nSPS) is 22.6. The third kappa shape index (κ3) is 5.73. The van der Waals surface area contributed by atoms with Crippen molar-refractivity contribution in [2.45, 2.75) is 38.1 Å². The molecule has 2 aliphatic heterocycles. The van der Waals surface area contributed by atoms with Crippen LogP contribution in [-0.2, 0) is 9.59 Å². The third-order valence-corrected chi connectivity index (χ3v) is 7.38. The second-order valence-electron chi connectivity index (χ2n) is 9.47. The van der Waals surface area contributed by atoms with Crippen molar-refractivity contribution in [3.63, 3.8) is 0 Å². The second kappa shape index (κ2) is 10.5. The Morgan fingerprint density at radius 3 is 2.53 bits per heavy atom. The molecule has 0 radical (unpaired) electrons. The summed E-state index contributed by atoms with van der Waals surface area (Å²) in [6.45, 7) is 7.65. The van der Waals surface area contributed by atoms with Crippen molar-refractivity contribution in [3.05, 3.63) is 54.1 Å². The van der Waals surface area contributed by atoms with Gasteiger partial charge >= 0.3 is 6.03 Å². The molecule has 0 aliphatic carbocycles. The first-order valence-corrected chi connectivity index (χ1v) is 12.7. The number of carbonyl (C=O) groups is 3. The highest BCUT2D eigenvalue weighted by Gasteiger charge is 2.35. The lowest BCUT2D eigenvalue weighted by molar-refractivity contribution is -0.134. The molecule has 0 aromatic heterocycles. The topological polar surface area (TPSA) is 81.8 Å². The summed E-state index contributed by atoms with van der Waals surface area (Å²) in [4.78, 5) is 43.9. The molecule has 1 fully saturated rings. The van der Waals surface area contributed by atoms with Gasteiger partial charge in [-0.3, -0.25) is 9.59 Å². The number of carbonyl (C=O) groups excluding carboxylic acids is 3. The highest BCUT2D eigenvalue weighted by atomic mass is 32.2. The monoisotopic (exact) mass is 480 g/mol. The summed E-state index contributed by atoms with van der Waals surface area (Å²) in [5.41, 5.74) is 2.41. The largest absolute Gasteiger partial charge is 0.341 e. The highest BCUT2D eigenvalue weighted by Crippen LogP contribution is 2.34. The molecule has 4 rings (SSSR count). The minimum Gasteiger partial charge on any atom is -0.341 e. The fraction of sp³-hybridized carbons (Fsp3) is 0.423. The van der Waals surface area contributed by atoms with Gasteiger partial charge in [-0.25, -0.2) is 4.79 Å². The maximum Gasteiger partial charge on any atom is 0.319 e. The molecule has 7 nitrogen and oxygen atoms in total. The fourth-order valence-electron chi connectivity index (χ4n) is 4.77. The number of likely N-dealkylation sites (tertiary alicyclic amines) is 1. The van der Waals surface area contributed by atoms with Crippen LogP contribution in [0.2, 0.25) is 0 Å². The van der Waals surface area contributed by atoms with E-state index in [2.05, 4.69) is 24.5 Å². The van der Waals surface area contributed by atoms with Gasteiger partial charge in [0, 0.05) is 29.4 Å². The van der Waals surface area contributed by atoms with Crippen LogP contribution in [0.15, 0.2) is 53.4 Å². The molecule has 1 saturated heterocycles. The zero-order valence-electron chi connectivity index (χ0n) is 19.9. The summed E-state index contributed by atoms with van der Waals surface area (Å²) in [6.07, 6.45) is 1.11. The summed E-state index contributed by atoms with van der Waals surface area (Å²) in [5.74, 6) is 0.935. The first-order valence-electron chi connectivity index (χ1n) is 11.8. The number of rotatable bonds is 4. The molecule has 180 valence electrons. The Morgan fingerprint density at radius 2 is 1.79 bits per heavy atom. The van der Waals surface area contributed by atoms with Gasteiger partial charge in [-0.05, 0) is 55.0 Å². The lowest BCUT2D eigenvalue weighted by Crippen LogP contribution is -2.54. The van der Waals surface area contributed by atoms with Gasteiger partial charge < -0.3 is 20.4 Å². The van der Waals surface area contributed by atoms with Gasteiger partial charge in [-0.1, -0.05) is 38.1 Å². The lowest BCUT2D eigenvalue weighted by atomic mass is 9.92. The number of fused-ring (bicyclic) bond motifs is 1. The van der Waals surface area contributed by atoms with Crippen molar-refractivity contribution in [2.75, 3.05) is 35.6 Å². The van der Waals surface area contributed by atoms with Crippen LogP contribution in [0.25, 0.3) is 0 Å². The average molecular weight is 481 g/mol. The second-order valence-corrected chi connectivity index (χ2v) is 10.5. The molecular weight excluding hydrogens is 448 g/mol. The Bertz CT molecular complexity index is 1070. The maximum absolute atomic E-state index is 13.6. The molecule has 3 atom stereocenters. The first-order chi connectivity index (χ1) is 16.3. The van der Waals surface area contributed by atoms with Gasteiger partial charge in [0.25, 0.3) is 5.91 Å². The quantitative estimate of drug-likeness (QED) is 0.690. The van der Waals surface area contributed by atoms with Crippen molar-refractivity contribution in [3.8, 4) is 0 Å². The number of para-hydroxylation sites is 1. The number of amides is 4. The molecule has 0 spiro atoms. The summed E-state index contributed by atoms with van der Waals surface area (Å²) < 4.78 is 0. The molecular formula is C26H32N4O3S. The molecule has 0 bridgehead atoms. The van der Waals surface area contributed by atoms with Gasteiger partial charge in [0.1, 0.15) is 12.6 Å². The summed E-state index contributed by atoms with van der Waals surface area (Å²) in [7, 11) is 0. The zero-order valence-corrected chi connectivity index (χ0v) is 20.7. The van der Waals surface area contributed by atoms with Crippen molar-refractivity contribution in [1.82, 2.24) is 10.2 Å². The minimum atomic E-state index is -0.755. The molecule has 0 saturated carbocycles. The number of anilines is 2. The number of thioether (sulfide) groups is 1. The number of benzene rings is 2. The third-order valence-electron chi connectivity index (χ3n) is 6.22. The molecule has 2 N–H and O–H groups in total. The molecule has 4 amide bonds. The van der Waals surface area contributed by atoms with E-state index in [-0.39, 0.29) is 18.4 Å². The number of hydrogen-bond acceptors (Lipinski definition) is 4. The molecule has 2 aromatic carbocycles. The standard InChI is InChI=1S/C26H32N4O3S/c1-17-7-6-8-20(12-17)27-26(33)28-21-16-34-23-10-5-4-9-22(23)30(25(21)32)15-24(31)29-13-18(2)11-19(3)14-29/h4-10,12,18-19,21H,11,13-16H2,1-3H3,(H2,27,28,33). The van der Waals surface area contributed by atoms with Crippen LogP contribution in [0.5, 0.6) is 0 Å². The average Bonchev–Trinajstić information content (AvgIpc) is 2.91. The number of nitrogens with zero attached hydrogens (tertiary/aromatic N) is 2. The van der Waals surface area contributed by atoms with E-state index in [1.165, 1.54) is 11.8 Å². The summed E-state index contributed by atoms with van der Waals surface area (Å²) in [6, 6.07) is 13.9. The van der Waals surface area contributed by atoms with Crippen molar-refractivity contribution in [2.24, 2.45) is 11.8 Å². The Morgan fingerprint density at radius 1 is 1.06 bits per heavy atom. The first kappa shape index (κ1) is 24.1. The van der Waals surface area contributed by atoms with E-state index in [0.717, 1.165) is 16.9 Å². The number of aryl methyl sites for hydroxylation is 1. The van der Waals surface area contributed by atoms with E-state index < -0.39 is 12.1 Å². The Balaban J connectivity index is 1.51. The van der Waals surface area contributed by atoms with E-state index in [1.54, 1.807) is 11.0 Å². The molecule has 2 aliphatic rings. The highest BCUT2D eigenvalue weighted by molar-refractivity contribution is 7.99. The van der Waals surface area contributed by atoms with E-state index in [1.807, 2.05) is 54.3 Å². The maximum atomic E-state index is 13.6. The van der Waals surface area contributed by atoms with Gasteiger partial charge in [-0.15, -0.1) is 11.8 Å². The van der Waals surface area contributed by atoms with E-state index in [9.17, 15) is 14.4 Å². The number of urea groups is 1. The van der Waals surface area contributed by atoms with Crippen molar-refractivity contribution < 1.29 is 14.4 Å². The predicted octanol–water partition coefficient (Wildman–Crippen LogP) is 4.13. The predicted molar refractivity (Wildman–Crippen MR) is 136 cm³/mol. The van der Waals surface area contributed by atoms with E-state index in [0.29, 0.717) is 42.1 Å². The lowest BCUT2D eigenvalue weighted by Gasteiger charge is -2.36. The van der Waals surface area contributed by atoms with Crippen LogP contribution in [0.4, 0.5) is 16.2 Å². The SMILES string of the molecule is Cc1cccc(NC(=O)NC2CSc3ccccc3N(CC(=O)N3CC(C)CC(C)C3)C2=O)c1. The Hall–Kier alpha value is -3.00. The van der Waals surface area contributed by atoms with Crippen LogP contribution >= 0.6 is 11.8 Å². The van der Waals surface area contributed by atoms with Gasteiger partial charge in [0.2, 0.25) is 5.91 Å². The van der Waals surface area contributed by atoms with E-state index in [4.69, 9.17) is 0 Å². The summed E-state index contributed by atoms with van der Waals surface area (Å²) >= 11 is 1.51. The molecule has 2 aromatic rings. The van der Waals surface area contributed by atoms with Crippen LogP contribution in [0, 0.1) is 18.8 Å². The minimum absolute atomic E-state index is 0.0342. The van der Waals surface area contributed by atoms with Gasteiger partial charge in [0.05, 0.1) is 5.69 Å².